The number of nitrogen functional groups attached to an aromatic ring is 1. The van der Waals surface area contributed by atoms with Gasteiger partial charge in [0.25, 0.3) is 0 Å². The molecule has 1 rings (SSSR count). The van der Waals surface area contributed by atoms with Gasteiger partial charge >= 0.3 is 0 Å². The van der Waals surface area contributed by atoms with Crippen molar-refractivity contribution in [2.75, 3.05) is 11.5 Å². The van der Waals surface area contributed by atoms with E-state index < -0.39 is 5.60 Å². The van der Waals surface area contributed by atoms with Crippen molar-refractivity contribution in [2.24, 2.45) is 0 Å². The summed E-state index contributed by atoms with van der Waals surface area (Å²) in [5.74, 6) is 0.371. The van der Waals surface area contributed by atoms with Crippen LogP contribution in [0.3, 0.4) is 0 Å². The molecule has 15 heavy (non-hydrogen) atoms. The minimum atomic E-state index is -0.667. The first-order chi connectivity index (χ1) is 6.88. The van der Waals surface area contributed by atoms with Gasteiger partial charge in [-0.3, -0.25) is 0 Å². The van der Waals surface area contributed by atoms with Crippen molar-refractivity contribution in [1.82, 2.24) is 0 Å². The minimum absolute atomic E-state index is 0.168. The van der Waals surface area contributed by atoms with Crippen LogP contribution in [0.5, 0.6) is 0 Å². The van der Waals surface area contributed by atoms with Crippen LogP contribution in [0.15, 0.2) is 23.1 Å². The molecule has 0 aliphatic rings. The summed E-state index contributed by atoms with van der Waals surface area (Å²) in [4.78, 5) is 0.839. The molecule has 0 spiro atoms. The number of anilines is 1. The van der Waals surface area contributed by atoms with E-state index in [4.69, 9.17) is 5.73 Å². The van der Waals surface area contributed by atoms with Crippen molar-refractivity contribution in [1.29, 1.82) is 0 Å². The van der Waals surface area contributed by atoms with E-state index in [0.29, 0.717) is 6.42 Å². The highest BCUT2D eigenvalue weighted by Gasteiger charge is 2.11. The van der Waals surface area contributed by atoms with Gasteiger partial charge in [-0.05, 0) is 38.5 Å². The third-order valence-electron chi connectivity index (χ3n) is 1.95. The van der Waals surface area contributed by atoms with Gasteiger partial charge in [-0.1, -0.05) is 0 Å². The first-order valence-electron chi connectivity index (χ1n) is 4.79. The molecule has 0 bridgehead atoms. The largest absolute Gasteiger partial charge is 0.396 e. The minimum Gasteiger partial charge on any atom is -0.396 e. The van der Waals surface area contributed by atoms with Gasteiger partial charge in [-0.15, -0.1) is 11.8 Å². The molecule has 0 unspecified atom stereocenters. The normalized spacial score (nSPS) is 11.7. The Kier molecular flexibility index (Phi) is 3.99. The fourth-order valence-electron chi connectivity index (χ4n) is 1.02. The van der Waals surface area contributed by atoms with Crippen LogP contribution in [0.25, 0.3) is 0 Å². The second-order valence-corrected chi connectivity index (χ2v) is 5.26. The summed E-state index contributed by atoms with van der Waals surface area (Å²) in [6, 6.07) is 4.76. The molecule has 0 radical (unpaired) electrons. The molecule has 0 saturated heterocycles. The molecule has 0 aliphatic heterocycles. The lowest BCUT2D eigenvalue weighted by atomic mass is 10.1. The van der Waals surface area contributed by atoms with E-state index in [9.17, 15) is 9.50 Å². The molecule has 0 aromatic heterocycles. The molecular weight excluding hydrogens is 213 g/mol. The van der Waals surface area contributed by atoms with E-state index in [1.807, 2.05) is 0 Å². The van der Waals surface area contributed by atoms with E-state index in [-0.39, 0.29) is 11.5 Å². The lowest BCUT2D eigenvalue weighted by Gasteiger charge is -2.16. The predicted octanol–water partition coefficient (Wildman–Crippen LogP) is 2.66. The van der Waals surface area contributed by atoms with E-state index in [0.717, 1.165) is 10.6 Å². The summed E-state index contributed by atoms with van der Waals surface area (Å²) in [6.45, 7) is 3.52. The third kappa shape index (κ3) is 4.53. The molecule has 3 N–H and O–H groups in total. The van der Waals surface area contributed by atoms with E-state index in [1.165, 1.54) is 17.8 Å². The number of rotatable bonds is 4. The maximum absolute atomic E-state index is 13.1. The number of aliphatic hydroxyl groups is 1. The number of benzene rings is 1. The summed E-state index contributed by atoms with van der Waals surface area (Å²) in [6.07, 6.45) is 0.670. The van der Waals surface area contributed by atoms with Crippen molar-refractivity contribution in [3.05, 3.63) is 24.0 Å². The van der Waals surface area contributed by atoms with Crippen LogP contribution in [-0.2, 0) is 0 Å². The number of halogens is 1. The number of hydrogen-bond acceptors (Lipinski definition) is 3. The van der Waals surface area contributed by atoms with Gasteiger partial charge in [-0.2, -0.15) is 0 Å². The van der Waals surface area contributed by atoms with Crippen LogP contribution < -0.4 is 5.73 Å². The summed E-state index contributed by atoms with van der Waals surface area (Å²) in [7, 11) is 0. The lowest BCUT2D eigenvalue weighted by Crippen LogP contribution is -2.18. The topological polar surface area (TPSA) is 46.2 Å². The summed E-state index contributed by atoms with van der Waals surface area (Å²) >= 11 is 1.51. The second-order valence-electron chi connectivity index (χ2n) is 4.09. The zero-order valence-corrected chi connectivity index (χ0v) is 9.77. The van der Waals surface area contributed by atoms with Crippen LogP contribution in [0.2, 0.25) is 0 Å². The van der Waals surface area contributed by atoms with Gasteiger partial charge < -0.3 is 10.8 Å². The monoisotopic (exact) mass is 229 g/mol. The van der Waals surface area contributed by atoms with Gasteiger partial charge in [0.05, 0.1) is 11.3 Å². The highest BCUT2D eigenvalue weighted by molar-refractivity contribution is 7.99. The molecule has 0 atom stereocenters. The molecule has 0 amide bonds. The second kappa shape index (κ2) is 4.86. The van der Waals surface area contributed by atoms with Crippen LogP contribution >= 0.6 is 11.8 Å². The maximum atomic E-state index is 13.1. The molecule has 0 saturated carbocycles. The average molecular weight is 229 g/mol. The molecule has 4 heteroatoms. The Balaban J connectivity index is 2.48. The van der Waals surface area contributed by atoms with Crippen molar-refractivity contribution in [3.8, 4) is 0 Å². The third-order valence-corrected chi connectivity index (χ3v) is 2.95. The van der Waals surface area contributed by atoms with E-state index >= 15 is 0 Å². The van der Waals surface area contributed by atoms with Crippen LogP contribution in [0.1, 0.15) is 20.3 Å². The molecule has 2 nitrogen and oxygen atoms in total. The average Bonchev–Trinajstić information content (AvgIpc) is 2.09. The first kappa shape index (κ1) is 12.3. The Bertz CT molecular complexity index is 336. The Morgan fingerprint density at radius 2 is 2.13 bits per heavy atom. The highest BCUT2D eigenvalue weighted by atomic mass is 32.2. The van der Waals surface area contributed by atoms with Crippen LogP contribution in [-0.4, -0.2) is 16.5 Å². The molecule has 0 heterocycles. The molecule has 1 aromatic rings. The highest BCUT2D eigenvalue weighted by Crippen LogP contribution is 2.24. The zero-order valence-electron chi connectivity index (χ0n) is 8.96. The van der Waals surface area contributed by atoms with E-state index in [2.05, 4.69) is 0 Å². The van der Waals surface area contributed by atoms with Crippen LogP contribution in [0.4, 0.5) is 10.1 Å². The molecule has 84 valence electrons. The van der Waals surface area contributed by atoms with Crippen LogP contribution in [0, 0.1) is 5.82 Å². The van der Waals surface area contributed by atoms with Crippen molar-refractivity contribution in [2.45, 2.75) is 30.8 Å². The standard InChI is InChI=1S/C11H16FNOS/c1-11(2,14)5-6-15-8-3-4-10(13)9(12)7-8/h3-4,7,14H,5-6,13H2,1-2H3. The number of hydrogen-bond donors (Lipinski definition) is 2. The fourth-order valence-corrected chi connectivity index (χ4v) is 2.20. The van der Waals surface area contributed by atoms with Crippen molar-refractivity contribution in [3.63, 3.8) is 0 Å². The zero-order chi connectivity index (χ0) is 11.5. The van der Waals surface area contributed by atoms with Gasteiger partial charge in [0.1, 0.15) is 5.82 Å². The fraction of sp³-hybridized carbons (Fsp3) is 0.455. The van der Waals surface area contributed by atoms with Gasteiger partial charge in [0.2, 0.25) is 0 Å². The summed E-state index contributed by atoms with van der Waals surface area (Å²) < 4.78 is 13.1. The molecule has 1 aromatic carbocycles. The van der Waals surface area contributed by atoms with E-state index in [1.54, 1.807) is 26.0 Å². The molecule has 0 aliphatic carbocycles. The van der Waals surface area contributed by atoms with Gasteiger partial charge in [0.15, 0.2) is 0 Å². The maximum Gasteiger partial charge on any atom is 0.147 e. The Morgan fingerprint density at radius 3 is 2.67 bits per heavy atom. The number of nitrogens with two attached hydrogens (primary N) is 1. The lowest BCUT2D eigenvalue weighted by molar-refractivity contribution is 0.0778. The SMILES string of the molecule is CC(C)(O)CCSc1ccc(N)c(F)c1. The Morgan fingerprint density at radius 1 is 1.47 bits per heavy atom. The van der Waals surface area contributed by atoms with Crippen molar-refractivity contribution < 1.29 is 9.50 Å². The van der Waals surface area contributed by atoms with Gasteiger partial charge in [-0.25, -0.2) is 4.39 Å². The quantitative estimate of drug-likeness (QED) is 0.616. The summed E-state index contributed by atoms with van der Waals surface area (Å²) in [5, 5.41) is 9.49. The Hall–Kier alpha value is -0.740. The first-order valence-corrected chi connectivity index (χ1v) is 5.77. The summed E-state index contributed by atoms with van der Waals surface area (Å²) in [5.41, 5.74) is 4.86. The Labute approximate surface area is 93.7 Å². The smallest absolute Gasteiger partial charge is 0.147 e. The molecular formula is C11H16FNOS. The van der Waals surface area contributed by atoms with Crippen molar-refractivity contribution >= 4 is 17.4 Å². The predicted molar refractivity (Wildman–Crippen MR) is 62.5 cm³/mol. The number of thioether (sulfide) groups is 1. The molecule has 0 fully saturated rings. The van der Waals surface area contributed by atoms with Gasteiger partial charge in [0, 0.05) is 10.6 Å².